The van der Waals surface area contributed by atoms with Crippen LogP contribution in [0, 0.1) is 10.1 Å². The van der Waals surface area contributed by atoms with Crippen LogP contribution in [-0.2, 0) is 16.9 Å². The fraction of sp³-hybridized carbons (Fsp3) is 0.444. The number of nitro groups is 1. The molecule has 0 bridgehead atoms. The van der Waals surface area contributed by atoms with E-state index >= 15 is 0 Å². The molecule has 92 valence electrons. The van der Waals surface area contributed by atoms with Crippen molar-refractivity contribution in [2.45, 2.75) is 12.8 Å². The molecule has 0 aromatic carbocycles. The number of sulfone groups is 1. The molecule has 8 heteroatoms. The molecule has 0 N–H and O–H groups in total. The summed E-state index contributed by atoms with van der Waals surface area (Å²) in [5.41, 5.74) is 0. The Balaban J connectivity index is 2.44. The molecule has 0 unspecified atom stereocenters. The second-order valence-corrected chi connectivity index (χ2v) is 5.99. The predicted molar refractivity (Wildman–Crippen MR) is 60.9 cm³/mol. The molecule has 0 radical (unpaired) electrons. The average Bonchev–Trinajstić information content (AvgIpc) is 2.73. The fourth-order valence-electron chi connectivity index (χ4n) is 1.75. The zero-order valence-corrected chi connectivity index (χ0v) is 9.98. The molecule has 1 aromatic heterocycles. The molecule has 7 nitrogen and oxygen atoms in total. The Hall–Kier alpha value is -1.70. The van der Waals surface area contributed by atoms with E-state index in [1.54, 1.807) is 0 Å². The van der Waals surface area contributed by atoms with Gasteiger partial charge in [-0.05, 0) is 17.8 Å². The first kappa shape index (κ1) is 11.8. The second kappa shape index (κ2) is 3.95. The third kappa shape index (κ3) is 2.07. The minimum absolute atomic E-state index is 0.144. The van der Waals surface area contributed by atoms with Gasteiger partial charge in [0.05, 0.1) is 17.7 Å². The smallest absolute Gasteiger partial charge is 0.342 e. The van der Waals surface area contributed by atoms with Gasteiger partial charge in [-0.2, -0.15) is 0 Å². The summed E-state index contributed by atoms with van der Waals surface area (Å²) in [6.07, 6.45) is 3.60. The van der Waals surface area contributed by atoms with Crippen LogP contribution in [0.3, 0.4) is 0 Å². The van der Waals surface area contributed by atoms with Gasteiger partial charge in [-0.25, -0.2) is 18.0 Å². The maximum Gasteiger partial charge on any atom is 0.342 e. The van der Waals surface area contributed by atoms with Crippen LogP contribution >= 0.6 is 0 Å². The highest BCUT2D eigenvalue weighted by Gasteiger charge is 2.26. The van der Waals surface area contributed by atoms with Crippen molar-refractivity contribution in [3.8, 4) is 0 Å². The summed E-state index contributed by atoms with van der Waals surface area (Å²) >= 11 is 0. The third-order valence-electron chi connectivity index (χ3n) is 2.71. The van der Waals surface area contributed by atoms with E-state index in [9.17, 15) is 18.5 Å². The first-order valence-electron chi connectivity index (χ1n) is 5.01. The number of allylic oxidation sites excluding steroid dienone is 1. The van der Waals surface area contributed by atoms with E-state index in [1.807, 2.05) is 0 Å². The number of hydrogen-bond acceptors (Lipinski definition) is 5. The standard InChI is InChI=1S/C9H11N3O4S/c1-11-8(10-6-9(11)12(13)14)5-7-3-2-4-17(7,15)16/h5-6H,2-4H2,1H3/b7-5+. The summed E-state index contributed by atoms with van der Waals surface area (Å²) in [6.45, 7) is 0. The molecule has 1 fully saturated rings. The Morgan fingerprint density at radius 3 is 2.76 bits per heavy atom. The lowest BCUT2D eigenvalue weighted by Gasteiger charge is -1.97. The van der Waals surface area contributed by atoms with Gasteiger partial charge in [-0.1, -0.05) is 0 Å². The number of aromatic nitrogens is 2. The van der Waals surface area contributed by atoms with Crippen molar-refractivity contribution < 1.29 is 13.3 Å². The van der Waals surface area contributed by atoms with Crippen LogP contribution in [0.15, 0.2) is 11.1 Å². The Morgan fingerprint density at radius 2 is 2.29 bits per heavy atom. The summed E-state index contributed by atoms with van der Waals surface area (Å²) in [5.74, 6) is 0.273. The minimum Gasteiger partial charge on any atom is -0.358 e. The van der Waals surface area contributed by atoms with Crippen LogP contribution in [0.4, 0.5) is 5.82 Å². The van der Waals surface area contributed by atoms with Crippen molar-refractivity contribution in [3.05, 3.63) is 27.0 Å². The maximum absolute atomic E-state index is 11.6. The molecule has 0 saturated carbocycles. The lowest BCUT2D eigenvalue weighted by Crippen LogP contribution is -2.01. The SMILES string of the molecule is Cn1c([N+](=O)[O-])cnc1/C=C1\CCCS1(=O)=O. The van der Waals surface area contributed by atoms with Gasteiger partial charge < -0.3 is 10.1 Å². The molecule has 0 amide bonds. The van der Waals surface area contributed by atoms with Crippen molar-refractivity contribution in [1.82, 2.24) is 9.55 Å². The van der Waals surface area contributed by atoms with Crippen molar-refractivity contribution >= 4 is 21.7 Å². The first-order valence-corrected chi connectivity index (χ1v) is 6.66. The molecular formula is C9H11N3O4S. The first-order chi connectivity index (χ1) is 7.92. The monoisotopic (exact) mass is 257 g/mol. The highest BCUT2D eigenvalue weighted by Crippen LogP contribution is 2.26. The van der Waals surface area contributed by atoms with Crippen molar-refractivity contribution in [2.24, 2.45) is 7.05 Å². The molecule has 0 spiro atoms. The largest absolute Gasteiger partial charge is 0.358 e. The van der Waals surface area contributed by atoms with Gasteiger partial charge in [0.25, 0.3) is 0 Å². The Labute approximate surface area is 97.8 Å². The van der Waals surface area contributed by atoms with E-state index in [4.69, 9.17) is 0 Å². The van der Waals surface area contributed by atoms with Gasteiger partial charge >= 0.3 is 5.82 Å². The summed E-state index contributed by atoms with van der Waals surface area (Å²) in [6, 6.07) is 0. The number of rotatable bonds is 2. The predicted octanol–water partition coefficient (Wildman–Crippen LogP) is 0.878. The normalized spacial score (nSPS) is 20.9. The molecule has 0 atom stereocenters. The molecule has 2 rings (SSSR count). The zero-order chi connectivity index (χ0) is 12.6. The number of hydrogen-bond donors (Lipinski definition) is 0. The number of nitrogens with zero attached hydrogens (tertiary/aromatic N) is 3. The van der Waals surface area contributed by atoms with Crippen molar-refractivity contribution in [3.63, 3.8) is 0 Å². The molecule has 1 aromatic rings. The van der Waals surface area contributed by atoms with Gasteiger partial charge in [-0.15, -0.1) is 0 Å². The van der Waals surface area contributed by atoms with E-state index in [-0.39, 0.29) is 17.4 Å². The highest BCUT2D eigenvalue weighted by molar-refractivity contribution is 7.95. The van der Waals surface area contributed by atoms with Crippen LogP contribution in [0.2, 0.25) is 0 Å². The Morgan fingerprint density at radius 1 is 1.59 bits per heavy atom. The second-order valence-electron chi connectivity index (χ2n) is 3.82. The average molecular weight is 257 g/mol. The van der Waals surface area contributed by atoms with E-state index in [1.165, 1.54) is 17.7 Å². The Kier molecular flexibility index (Phi) is 2.74. The Bertz CT molecular complexity index is 600. The van der Waals surface area contributed by atoms with Gasteiger partial charge in [-0.3, -0.25) is 0 Å². The van der Waals surface area contributed by atoms with Crippen LogP contribution in [0.5, 0.6) is 0 Å². The third-order valence-corrected chi connectivity index (χ3v) is 4.66. The molecule has 1 saturated heterocycles. The van der Waals surface area contributed by atoms with Crippen LogP contribution in [-0.4, -0.2) is 28.6 Å². The summed E-state index contributed by atoms with van der Waals surface area (Å²) < 4.78 is 24.4. The van der Waals surface area contributed by atoms with E-state index in [0.717, 1.165) is 6.20 Å². The lowest BCUT2D eigenvalue weighted by atomic mass is 10.3. The summed E-state index contributed by atoms with van der Waals surface area (Å²) in [5, 5.41) is 10.6. The van der Waals surface area contributed by atoms with E-state index < -0.39 is 14.8 Å². The number of imidazole rings is 1. The molecule has 1 aliphatic rings. The quantitative estimate of drug-likeness (QED) is 0.578. The molecular weight excluding hydrogens is 246 g/mol. The highest BCUT2D eigenvalue weighted by atomic mass is 32.2. The summed E-state index contributed by atoms with van der Waals surface area (Å²) in [7, 11) is -1.69. The van der Waals surface area contributed by atoms with Gasteiger partial charge in [0.2, 0.25) is 5.82 Å². The maximum atomic E-state index is 11.6. The van der Waals surface area contributed by atoms with Crippen LogP contribution in [0.25, 0.3) is 6.08 Å². The minimum atomic E-state index is -3.18. The topological polar surface area (TPSA) is 95.1 Å². The van der Waals surface area contributed by atoms with Crippen molar-refractivity contribution in [2.75, 3.05) is 5.75 Å². The molecule has 1 aliphatic heterocycles. The fourth-order valence-corrected chi connectivity index (χ4v) is 3.27. The van der Waals surface area contributed by atoms with E-state index in [2.05, 4.69) is 4.98 Å². The van der Waals surface area contributed by atoms with Gasteiger partial charge in [0, 0.05) is 6.08 Å². The van der Waals surface area contributed by atoms with Crippen LogP contribution < -0.4 is 0 Å². The molecule has 17 heavy (non-hydrogen) atoms. The van der Waals surface area contributed by atoms with E-state index in [0.29, 0.717) is 17.7 Å². The van der Waals surface area contributed by atoms with Gasteiger partial charge in [0.15, 0.2) is 9.84 Å². The van der Waals surface area contributed by atoms with Crippen LogP contribution in [0.1, 0.15) is 18.7 Å². The molecule has 2 heterocycles. The zero-order valence-electron chi connectivity index (χ0n) is 9.16. The van der Waals surface area contributed by atoms with Crippen molar-refractivity contribution in [1.29, 1.82) is 0 Å². The lowest BCUT2D eigenvalue weighted by molar-refractivity contribution is -0.391. The summed E-state index contributed by atoms with van der Waals surface area (Å²) in [4.78, 5) is 14.2. The molecule has 0 aliphatic carbocycles. The van der Waals surface area contributed by atoms with Gasteiger partial charge in [0.1, 0.15) is 6.20 Å².